The van der Waals surface area contributed by atoms with Gasteiger partial charge < -0.3 is 5.73 Å². The van der Waals surface area contributed by atoms with E-state index in [-0.39, 0.29) is 6.42 Å². The lowest BCUT2D eigenvalue weighted by Crippen LogP contribution is -2.29. The predicted octanol–water partition coefficient (Wildman–Crippen LogP) is 2.85. The fourth-order valence-electron chi connectivity index (χ4n) is 0.909. The SMILES string of the molecule is Cc1csc(CC(F)(F)CN)c1Cl. The number of hydrogen-bond donors (Lipinski definition) is 1. The first kappa shape index (κ1) is 10.9. The number of hydrogen-bond acceptors (Lipinski definition) is 2. The van der Waals surface area contributed by atoms with Crippen LogP contribution in [0.15, 0.2) is 5.38 Å². The van der Waals surface area contributed by atoms with E-state index in [2.05, 4.69) is 0 Å². The zero-order valence-corrected chi connectivity index (χ0v) is 8.68. The summed E-state index contributed by atoms with van der Waals surface area (Å²) >= 11 is 7.06. The van der Waals surface area contributed by atoms with Gasteiger partial charge in [0.25, 0.3) is 5.92 Å². The summed E-state index contributed by atoms with van der Waals surface area (Å²) in [5.41, 5.74) is 5.76. The summed E-state index contributed by atoms with van der Waals surface area (Å²) in [6, 6.07) is 0. The third-order valence-electron chi connectivity index (χ3n) is 1.69. The zero-order valence-electron chi connectivity index (χ0n) is 7.11. The molecule has 2 N–H and O–H groups in total. The maximum Gasteiger partial charge on any atom is 0.264 e. The van der Waals surface area contributed by atoms with Crippen LogP contribution in [0.5, 0.6) is 0 Å². The molecule has 0 spiro atoms. The van der Waals surface area contributed by atoms with E-state index < -0.39 is 12.5 Å². The quantitative estimate of drug-likeness (QED) is 0.841. The van der Waals surface area contributed by atoms with Crippen LogP contribution in [0.25, 0.3) is 0 Å². The fourth-order valence-corrected chi connectivity index (χ4v) is 2.22. The lowest BCUT2D eigenvalue weighted by atomic mass is 10.2. The van der Waals surface area contributed by atoms with E-state index in [0.717, 1.165) is 5.56 Å². The molecule has 1 nitrogen and oxygen atoms in total. The van der Waals surface area contributed by atoms with Gasteiger partial charge in [0, 0.05) is 11.3 Å². The number of rotatable bonds is 3. The Morgan fingerprint density at radius 1 is 1.62 bits per heavy atom. The molecule has 74 valence electrons. The molecule has 0 aromatic carbocycles. The van der Waals surface area contributed by atoms with Crippen LogP contribution in [0.4, 0.5) is 8.78 Å². The number of nitrogens with two attached hydrogens (primary N) is 1. The Hall–Kier alpha value is -0.190. The van der Waals surface area contributed by atoms with Crippen molar-refractivity contribution in [1.82, 2.24) is 0 Å². The van der Waals surface area contributed by atoms with E-state index >= 15 is 0 Å². The summed E-state index contributed by atoms with van der Waals surface area (Å²) in [7, 11) is 0. The van der Waals surface area contributed by atoms with Crippen LogP contribution >= 0.6 is 22.9 Å². The van der Waals surface area contributed by atoms with Gasteiger partial charge in [-0.1, -0.05) is 11.6 Å². The Morgan fingerprint density at radius 3 is 2.62 bits per heavy atom. The van der Waals surface area contributed by atoms with E-state index in [1.54, 1.807) is 12.3 Å². The van der Waals surface area contributed by atoms with E-state index in [0.29, 0.717) is 9.90 Å². The maximum absolute atomic E-state index is 12.9. The molecule has 1 aromatic heterocycles. The lowest BCUT2D eigenvalue weighted by molar-refractivity contribution is 0.0123. The third-order valence-corrected chi connectivity index (χ3v) is 3.43. The molecule has 1 aromatic rings. The number of alkyl halides is 2. The van der Waals surface area contributed by atoms with Crippen LogP contribution in [-0.2, 0) is 6.42 Å². The van der Waals surface area contributed by atoms with Gasteiger partial charge in [-0.2, -0.15) is 0 Å². The normalized spacial score (nSPS) is 12.1. The van der Waals surface area contributed by atoms with Crippen molar-refractivity contribution >= 4 is 22.9 Å². The smallest absolute Gasteiger partial charge is 0.264 e. The lowest BCUT2D eigenvalue weighted by Gasteiger charge is -2.12. The van der Waals surface area contributed by atoms with E-state index in [4.69, 9.17) is 17.3 Å². The number of aryl methyl sites for hydroxylation is 1. The second kappa shape index (κ2) is 3.90. The molecular weight excluding hydrogens is 216 g/mol. The molecular formula is C8H10ClF2NS. The standard InChI is InChI=1S/C8H10ClF2NS/c1-5-3-13-6(7(5)9)2-8(10,11)4-12/h3H,2,4,12H2,1H3. The summed E-state index contributed by atoms with van der Waals surface area (Å²) in [5, 5.41) is 2.21. The van der Waals surface area contributed by atoms with E-state index in [1.807, 2.05) is 0 Å². The van der Waals surface area contributed by atoms with Crippen molar-refractivity contribution < 1.29 is 8.78 Å². The van der Waals surface area contributed by atoms with Crippen molar-refractivity contribution in [2.75, 3.05) is 6.54 Å². The molecule has 0 bridgehead atoms. The molecule has 13 heavy (non-hydrogen) atoms. The second-order valence-corrected chi connectivity index (χ2v) is 4.23. The molecule has 0 fully saturated rings. The van der Waals surface area contributed by atoms with Crippen molar-refractivity contribution in [2.45, 2.75) is 19.3 Å². The van der Waals surface area contributed by atoms with Crippen LogP contribution in [0.1, 0.15) is 10.4 Å². The van der Waals surface area contributed by atoms with Gasteiger partial charge >= 0.3 is 0 Å². The van der Waals surface area contributed by atoms with Crippen molar-refractivity contribution in [1.29, 1.82) is 0 Å². The highest BCUT2D eigenvalue weighted by molar-refractivity contribution is 7.10. The molecule has 0 radical (unpaired) electrons. The molecule has 0 amide bonds. The second-order valence-electron chi connectivity index (χ2n) is 2.89. The van der Waals surface area contributed by atoms with Crippen molar-refractivity contribution in [3.05, 3.63) is 20.8 Å². The highest BCUT2D eigenvalue weighted by atomic mass is 35.5. The molecule has 5 heteroatoms. The van der Waals surface area contributed by atoms with Gasteiger partial charge in [-0.05, 0) is 17.9 Å². The summed E-state index contributed by atoms with van der Waals surface area (Å²) in [6.45, 7) is 1.16. The topological polar surface area (TPSA) is 26.0 Å². The van der Waals surface area contributed by atoms with Crippen molar-refractivity contribution in [2.24, 2.45) is 5.73 Å². The summed E-state index contributed by atoms with van der Waals surface area (Å²) < 4.78 is 25.7. The third kappa shape index (κ3) is 2.62. The van der Waals surface area contributed by atoms with Gasteiger partial charge in [-0.25, -0.2) is 8.78 Å². The average molecular weight is 226 g/mol. The highest BCUT2D eigenvalue weighted by Gasteiger charge is 2.29. The molecule has 0 aliphatic rings. The van der Waals surface area contributed by atoms with Crippen molar-refractivity contribution in [3.63, 3.8) is 0 Å². The number of thiophene rings is 1. The zero-order chi connectivity index (χ0) is 10.1. The first-order valence-electron chi connectivity index (χ1n) is 3.76. The van der Waals surface area contributed by atoms with Gasteiger partial charge in [0.2, 0.25) is 0 Å². The maximum atomic E-state index is 12.9. The molecule has 0 aliphatic heterocycles. The van der Waals surface area contributed by atoms with Crippen LogP contribution in [-0.4, -0.2) is 12.5 Å². The minimum atomic E-state index is -2.85. The molecule has 0 unspecified atom stereocenters. The van der Waals surface area contributed by atoms with E-state index in [9.17, 15) is 8.78 Å². The Balaban J connectivity index is 2.80. The van der Waals surface area contributed by atoms with Gasteiger partial charge in [-0.15, -0.1) is 11.3 Å². The molecule has 0 atom stereocenters. The summed E-state index contributed by atoms with van der Waals surface area (Å²) in [4.78, 5) is 0.509. The van der Waals surface area contributed by atoms with Crippen LogP contribution in [0, 0.1) is 6.92 Å². The number of halogens is 3. The van der Waals surface area contributed by atoms with Gasteiger partial charge in [0.05, 0.1) is 11.6 Å². The van der Waals surface area contributed by atoms with Crippen LogP contribution in [0.2, 0.25) is 5.02 Å². The summed E-state index contributed by atoms with van der Waals surface area (Å²) in [6.07, 6.45) is -0.360. The molecule has 0 aliphatic carbocycles. The molecule has 0 saturated carbocycles. The molecule has 0 saturated heterocycles. The molecule has 1 rings (SSSR count). The Bertz CT molecular complexity index is 298. The summed E-state index contributed by atoms with van der Waals surface area (Å²) in [5.74, 6) is -2.85. The largest absolute Gasteiger partial charge is 0.325 e. The average Bonchev–Trinajstić information content (AvgIpc) is 2.36. The Kier molecular flexibility index (Phi) is 3.27. The fraction of sp³-hybridized carbons (Fsp3) is 0.500. The van der Waals surface area contributed by atoms with Crippen LogP contribution < -0.4 is 5.73 Å². The van der Waals surface area contributed by atoms with E-state index in [1.165, 1.54) is 11.3 Å². The predicted molar refractivity (Wildman–Crippen MR) is 51.8 cm³/mol. The van der Waals surface area contributed by atoms with Crippen molar-refractivity contribution in [3.8, 4) is 0 Å². The monoisotopic (exact) mass is 225 g/mol. The van der Waals surface area contributed by atoms with Crippen LogP contribution in [0.3, 0.4) is 0 Å². The minimum Gasteiger partial charge on any atom is -0.325 e. The first-order valence-corrected chi connectivity index (χ1v) is 5.02. The first-order chi connectivity index (χ1) is 5.96. The Morgan fingerprint density at radius 2 is 2.23 bits per heavy atom. The minimum absolute atomic E-state index is 0.360. The molecule has 1 heterocycles. The Labute approximate surface area is 84.5 Å². The highest BCUT2D eigenvalue weighted by Crippen LogP contribution is 2.31. The van der Waals surface area contributed by atoms with Gasteiger partial charge in [-0.3, -0.25) is 0 Å². The van der Waals surface area contributed by atoms with Gasteiger partial charge in [0.15, 0.2) is 0 Å². The van der Waals surface area contributed by atoms with Gasteiger partial charge in [0.1, 0.15) is 0 Å².